The first-order valence-electron chi connectivity index (χ1n) is 6.64. The summed E-state index contributed by atoms with van der Waals surface area (Å²) in [5.41, 5.74) is 3.99. The smallest absolute Gasteiger partial charge is 0.146 e. The number of nitrogens with zero attached hydrogens (tertiary/aromatic N) is 1. The monoisotopic (exact) mass is 336 g/mol. The van der Waals surface area contributed by atoms with E-state index < -0.39 is 0 Å². The lowest BCUT2D eigenvalue weighted by atomic mass is 9.96. The molecule has 20 heavy (non-hydrogen) atoms. The zero-order valence-electron chi connectivity index (χ0n) is 11.9. The summed E-state index contributed by atoms with van der Waals surface area (Å²) >= 11 is 3.57. The summed E-state index contributed by atoms with van der Waals surface area (Å²) < 4.78 is 15.1. The molecule has 0 radical (unpaired) electrons. The van der Waals surface area contributed by atoms with Crippen LogP contribution in [0.4, 0.5) is 4.39 Å². The van der Waals surface area contributed by atoms with Gasteiger partial charge in [-0.15, -0.1) is 0 Å². The van der Waals surface area contributed by atoms with Gasteiger partial charge in [0.25, 0.3) is 0 Å². The summed E-state index contributed by atoms with van der Waals surface area (Å²) in [4.78, 5) is 3.82. The van der Waals surface area contributed by atoms with Gasteiger partial charge in [0.2, 0.25) is 0 Å². The maximum absolute atomic E-state index is 14.0. The van der Waals surface area contributed by atoms with E-state index in [-0.39, 0.29) is 11.9 Å². The number of aromatic nitrogens is 1. The van der Waals surface area contributed by atoms with E-state index >= 15 is 0 Å². The zero-order chi connectivity index (χ0) is 14.7. The van der Waals surface area contributed by atoms with Crippen molar-refractivity contribution in [3.8, 4) is 0 Å². The molecule has 1 aromatic carbocycles. The van der Waals surface area contributed by atoms with Crippen LogP contribution in [-0.2, 0) is 0 Å². The van der Waals surface area contributed by atoms with Crippen LogP contribution in [0.1, 0.15) is 35.2 Å². The van der Waals surface area contributed by atoms with Crippen molar-refractivity contribution >= 4 is 15.9 Å². The Morgan fingerprint density at radius 3 is 2.50 bits per heavy atom. The molecule has 106 valence electrons. The highest BCUT2D eigenvalue weighted by molar-refractivity contribution is 9.10. The van der Waals surface area contributed by atoms with Crippen LogP contribution in [0.2, 0.25) is 0 Å². The fraction of sp³-hybridized carbons (Fsp3) is 0.312. The largest absolute Gasteiger partial charge is 0.306 e. The molecule has 1 atom stereocenters. The van der Waals surface area contributed by atoms with Crippen molar-refractivity contribution < 1.29 is 4.39 Å². The Kier molecular flexibility index (Phi) is 4.89. The summed E-state index contributed by atoms with van der Waals surface area (Å²) in [6, 6.07) is 5.75. The van der Waals surface area contributed by atoms with Crippen LogP contribution in [0.15, 0.2) is 35.1 Å². The Morgan fingerprint density at radius 1 is 1.30 bits per heavy atom. The van der Waals surface area contributed by atoms with E-state index in [4.69, 9.17) is 0 Å². The molecule has 2 aromatic rings. The van der Waals surface area contributed by atoms with Gasteiger partial charge in [-0.2, -0.15) is 0 Å². The molecule has 0 fully saturated rings. The van der Waals surface area contributed by atoms with Crippen molar-refractivity contribution in [1.82, 2.24) is 10.3 Å². The van der Waals surface area contributed by atoms with Crippen molar-refractivity contribution in [2.75, 3.05) is 6.54 Å². The van der Waals surface area contributed by atoms with Gasteiger partial charge in [0.15, 0.2) is 0 Å². The number of hydrogen-bond acceptors (Lipinski definition) is 2. The van der Waals surface area contributed by atoms with E-state index in [2.05, 4.69) is 38.4 Å². The average Bonchev–Trinajstić information content (AvgIpc) is 2.43. The lowest BCUT2D eigenvalue weighted by molar-refractivity contribution is 0.554. The van der Waals surface area contributed by atoms with Crippen molar-refractivity contribution in [3.63, 3.8) is 0 Å². The molecule has 2 nitrogen and oxygen atoms in total. The Bertz CT molecular complexity index is 590. The summed E-state index contributed by atoms with van der Waals surface area (Å²) in [6.45, 7) is 6.88. The zero-order valence-corrected chi connectivity index (χ0v) is 13.5. The predicted molar refractivity (Wildman–Crippen MR) is 83.3 cm³/mol. The number of nitrogens with one attached hydrogen (secondary N) is 1. The number of aryl methyl sites for hydroxylation is 2. The lowest BCUT2D eigenvalue weighted by Crippen LogP contribution is -2.23. The van der Waals surface area contributed by atoms with Crippen molar-refractivity contribution in [2.24, 2.45) is 0 Å². The molecule has 1 unspecified atom stereocenters. The fourth-order valence-electron chi connectivity index (χ4n) is 2.38. The third kappa shape index (κ3) is 3.07. The second-order valence-electron chi connectivity index (χ2n) is 4.86. The van der Waals surface area contributed by atoms with E-state index in [1.165, 1.54) is 6.20 Å². The topological polar surface area (TPSA) is 24.9 Å². The summed E-state index contributed by atoms with van der Waals surface area (Å²) in [5, 5.41) is 3.35. The third-order valence-corrected chi connectivity index (χ3v) is 4.57. The first-order chi connectivity index (χ1) is 9.54. The molecule has 0 amide bonds. The van der Waals surface area contributed by atoms with E-state index in [1.54, 1.807) is 12.3 Å². The van der Waals surface area contributed by atoms with Crippen LogP contribution in [-0.4, -0.2) is 11.5 Å². The van der Waals surface area contributed by atoms with Gasteiger partial charge in [0.05, 0.1) is 12.2 Å². The molecule has 1 N–H and O–H groups in total. The first kappa shape index (κ1) is 15.1. The molecular formula is C16H18BrFN2. The highest BCUT2D eigenvalue weighted by atomic mass is 79.9. The van der Waals surface area contributed by atoms with Crippen molar-refractivity contribution in [2.45, 2.75) is 26.8 Å². The molecule has 4 heteroatoms. The normalized spacial score (nSPS) is 12.4. The summed E-state index contributed by atoms with van der Waals surface area (Å²) in [6.07, 6.45) is 2.89. The van der Waals surface area contributed by atoms with Crippen molar-refractivity contribution in [3.05, 3.63) is 63.1 Å². The first-order valence-corrected chi connectivity index (χ1v) is 7.43. The molecule has 1 heterocycles. The fourth-order valence-corrected chi connectivity index (χ4v) is 2.61. The van der Waals surface area contributed by atoms with Gasteiger partial charge in [0, 0.05) is 16.2 Å². The molecule has 0 saturated carbocycles. The lowest BCUT2D eigenvalue weighted by Gasteiger charge is -2.21. The van der Waals surface area contributed by atoms with Crippen LogP contribution < -0.4 is 5.32 Å². The summed E-state index contributed by atoms with van der Waals surface area (Å²) in [7, 11) is 0. The van der Waals surface area contributed by atoms with Crippen LogP contribution >= 0.6 is 15.9 Å². The highest BCUT2D eigenvalue weighted by Gasteiger charge is 2.18. The SMILES string of the molecule is CCNC(c1cc(C)c(Br)c(C)c1)c1ccncc1F. The van der Waals surface area contributed by atoms with Crippen LogP contribution in [0.25, 0.3) is 0 Å². The molecule has 0 aliphatic carbocycles. The molecule has 0 spiro atoms. The van der Waals surface area contributed by atoms with E-state index in [0.29, 0.717) is 5.56 Å². The van der Waals surface area contributed by atoms with Gasteiger partial charge in [0.1, 0.15) is 5.82 Å². The number of hydrogen-bond donors (Lipinski definition) is 1. The van der Waals surface area contributed by atoms with E-state index in [0.717, 1.165) is 27.7 Å². The molecular weight excluding hydrogens is 319 g/mol. The molecule has 2 rings (SSSR count). The minimum Gasteiger partial charge on any atom is -0.306 e. The number of rotatable bonds is 4. The van der Waals surface area contributed by atoms with Gasteiger partial charge >= 0.3 is 0 Å². The van der Waals surface area contributed by atoms with Gasteiger partial charge in [-0.1, -0.05) is 35.0 Å². The molecule has 0 aliphatic heterocycles. The Balaban J connectivity index is 2.52. The number of benzene rings is 1. The Labute approximate surface area is 127 Å². The molecule has 0 aliphatic rings. The van der Waals surface area contributed by atoms with Crippen LogP contribution in [0.5, 0.6) is 0 Å². The number of halogens is 2. The molecule has 0 bridgehead atoms. The standard InChI is InChI=1S/C16H18BrFN2/c1-4-20-16(13-5-6-19-9-14(13)18)12-7-10(2)15(17)11(3)8-12/h5-9,16,20H,4H2,1-3H3. The second-order valence-corrected chi connectivity index (χ2v) is 5.65. The maximum atomic E-state index is 14.0. The average molecular weight is 337 g/mol. The van der Waals surface area contributed by atoms with Gasteiger partial charge in [-0.05, 0) is 43.1 Å². The Morgan fingerprint density at radius 2 is 1.95 bits per heavy atom. The second kappa shape index (κ2) is 6.46. The quantitative estimate of drug-likeness (QED) is 0.900. The third-order valence-electron chi connectivity index (χ3n) is 3.32. The van der Waals surface area contributed by atoms with Gasteiger partial charge in [-0.3, -0.25) is 4.98 Å². The minimum absolute atomic E-state index is 0.159. The van der Waals surface area contributed by atoms with Crippen LogP contribution in [0, 0.1) is 19.7 Å². The summed E-state index contributed by atoms with van der Waals surface area (Å²) in [5.74, 6) is -0.281. The van der Waals surface area contributed by atoms with Gasteiger partial charge in [-0.25, -0.2) is 4.39 Å². The maximum Gasteiger partial charge on any atom is 0.146 e. The van der Waals surface area contributed by atoms with E-state index in [9.17, 15) is 4.39 Å². The van der Waals surface area contributed by atoms with Crippen molar-refractivity contribution in [1.29, 1.82) is 0 Å². The van der Waals surface area contributed by atoms with E-state index in [1.807, 2.05) is 20.8 Å². The minimum atomic E-state index is -0.281. The number of pyridine rings is 1. The molecule has 1 aromatic heterocycles. The Hall–Kier alpha value is -1.26. The van der Waals surface area contributed by atoms with Gasteiger partial charge < -0.3 is 5.32 Å². The highest BCUT2D eigenvalue weighted by Crippen LogP contribution is 2.29. The predicted octanol–water partition coefficient (Wildman–Crippen LogP) is 4.30. The molecule has 0 saturated heterocycles. The van der Waals surface area contributed by atoms with Crippen LogP contribution in [0.3, 0.4) is 0 Å².